The number of likely N-dealkylation sites (N-methyl/N-ethyl adjacent to an activating group) is 1. The van der Waals surface area contributed by atoms with E-state index in [0.717, 1.165) is 22.4 Å². The molecule has 4 rings (SSSR count). The maximum Gasteiger partial charge on any atom is 0.293 e. The Morgan fingerprint density at radius 2 is 1.84 bits per heavy atom. The molecule has 0 saturated heterocycles. The molecule has 0 saturated carbocycles. The summed E-state index contributed by atoms with van der Waals surface area (Å²) in [6.07, 6.45) is 8.30. The topological polar surface area (TPSA) is 71.5 Å². The lowest BCUT2D eigenvalue weighted by atomic mass is 10.1. The van der Waals surface area contributed by atoms with Gasteiger partial charge in [0.1, 0.15) is 0 Å². The first kappa shape index (κ1) is 20.1. The number of ether oxygens (including phenoxy) is 1. The Hall–Kier alpha value is -4.19. The van der Waals surface area contributed by atoms with Crippen LogP contribution in [0.5, 0.6) is 5.75 Å². The SMILES string of the molecule is CN1C(=O)/C(=C/c2cccc(/C=C/C(=O)NCc3ccncc3)c2)Oc2ccccc21. The number of para-hydroxylation sites is 2. The van der Waals surface area contributed by atoms with E-state index in [1.165, 1.54) is 6.08 Å². The van der Waals surface area contributed by atoms with E-state index >= 15 is 0 Å². The molecule has 0 atom stereocenters. The van der Waals surface area contributed by atoms with Gasteiger partial charge < -0.3 is 15.0 Å². The minimum Gasteiger partial charge on any atom is -0.449 e. The molecule has 0 fully saturated rings. The Bertz CT molecular complexity index is 1170. The number of aromatic nitrogens is 1. The van der Waals surface area contributed by atoms with Crippen LogP contribution in [0.25, 0.3) is 12.2 Å². The van der Waals surface area contributed by atoms with Crippen LogP contribution in [-0.4, -0.2) is 23.8 Å². The van der Waals surface area contributed by atoms with Gasteiger partial charge in [-0.3, -0.25) is 14.6 Å². The molecular weight excluding hydrogens is 390 g/mol. The summed E-state index contributed by atoms with van der Waals surface area (Å²) >= 11 is 0. The van der Waals surface area contributed by atoms with Gasteiger partial charge in [0, 0.05) is 32.1 Å². The maximum atomic E-state index is 12.6. The molecule has 3 aromatic rings. The van der Waals surface area contributed by atoms with Crippen LogP contribution in [0.1, 0.15) is 16.7 Å². The van der Waals surface area contributed by atoms with Crippen LogP contribution in [0.15, 0.2) is 84.9 Å². The van der Waals surface area contributed by atoms with E-state index in [0.29, 0.717) is 12.3 Å². The number of hydrogen-bond acceptors (Lipinski definition) is 4. The average Bonchev–Trinajstić information content (AvgIpc) is 2.81. The summed E-state index contributed by atoms with van der Waals surface area (Å²) < 4.78 is 5.81. The summed E-state index contributed by atoms with van der Waals surface area (Å²) in [6.45, 7) is 0.437. The number of anilines is 1. The molecule has 0 spiro atoms. The fourth-order valence-corrected chi connectivity index (χ4v) is 3.17. The van der Waals surface area contributed by atoms with Crippen LogP contribution < -0.4 is 15.0 Å². The van der Waals surface area contributed by atoms with E-state index in [4.69, 9.17) is 4.74 Å². The fourth-order valence-electron chi connectivity index (χ4n) is 3.17. The quantitative estimate of drug-likeness (QED) is 0.648. The van der Waals surface area contributed by atoms with Gasteiger partial charge in [-0.05, 0) is 59.2 Å². The number of nitrogens with one attached hydrogen (secondary N) is 1. The number of fused-ring (bicyclic) bond motifs is 1. The average molecular weight is 411 g/mol. The largest absolute Gasteiger partial charge is 0.449 e. The number of hydrogen-bond donors (Lipinski definition) is 1. The van der Waals surface area contributed by atoms with Crippen molar-refractivity contribution in [3.8, 4) is 5.75 Å². The number of amides is 2. The molecule has 1 aromatic heterocycles. The van der Waals surface area contributed by atoms with Crippen LogP contribution >= 0.6 is 0 Å². The third-order valence-corrected chi connectivity index (χ3v) is 4.81. The fraction of sp³-hybridized carbons (Fsp3) is 0.0800. The number of rotatable bonds is 5. The van der Waals surface area contributed by atoms with E-state index in [2.05, 4.69) is 10.3 Å². The smallest absolute Gasteiger partial charge is 0.293 e. The van der Waals surface area contributed by atoms with Crippen LogP contribution in [0, 0.1) is 0 Å². The summed E-state index contributed by atoms with van der Waals surface area (Å²) in [5.41, 5.74) is 3.36. The highest BCUT2D eigenvalue weighted by Gasteiger charge is 2.27. The molecular formula is C25H21N3O3. The molecule has 1 N–H and O–H groups in total. The highest BCUT2D eigenvalue weighted by molar-refractivity contribution is 6.09. The Balaban J connectivity index is 1.45. The van der Waals surface area contributed by atoms with Gasteiger partial charge in [-0.2, -0.15) is 0 Å². The van der Waals surface area contributed by atoms with E-state index in [1.54, 1.807) is 36.5 Å². The second-order valence-corrected chi connectivity index (χ2v) is 7.02. The van der Waals surface area contributed by atoms with Gasteiger partial charge in [0.15, 0.2) is 11.5 Å². The normalized spacial score (nSPS) is 14.4. The molecule has 2 aromatic carbocycles. The van der Waals surface area contributed by atoms with E-state index in [-0.39, 0.29) is 17.6 Å². The number of carbonyl (C=O) groups is 2. The molecule has 31 heavy (non-hydrogen) atoms. The van der Waals surface area contributed by atoms with Crippen molar-refractivity contribution >= 4 is 29.7 Å². The lowest BCUT2D eigenvalue weighted by molar-refractivity contribution is -0.117. The summed E-state index contributed by atoms with van der Waals surface area (Å²) in [4.78, 5) is 30.3. The molecule has 1 aliphatic heterocycles. The Morgan fingerprint density at radius 3 is 2.68 bits per heavy atom. The zero-order valence-electron chi connectivity index (χ0n) is 17.0. The van der Waals surface area contributed by atoms with Crippen molar-refractivity contribution in [2.24, 2.45) is 0 Å². The van der Waals surface area contributed by atoms with Gasteiger partial charge in [-0.25, -0.2) is 0 Å². The van der Waals surface area contributed by atoms with E-state index < -0.39 is 0 Å². The van der Waals surface area contributed by atoms with Crippen molar-refractivity contribution in [1.29, 1.82) is 0 Å². The third-order valence-electron chi connectivity index (χ3n) is 4.81. The van der Waals surface area contributed by atoms with Crippen molar-refractivity contribution < 1.29 is 14.3 Å². The molecule has 0 unspecified atom stereocenters. The first-order valence-corrected chi connectivity index (χ1v) is 9.82. The molecule has 0 radical (unpaired) electrons. The van der Waals surface area contributed by atoms with Crippen LogP contribution in [0.4, 0.5) is 5.69 Å². The van der Waals surface area contributed by atoms with Crippen molar-refractivity contribution in [3.63, 3.8) is 0 Å². The second-order valence-electron chi connectivity index (χ2n) is 7.02. The first-order chi connectivity index (χ1) is 15.1. The zero-order chi connectivity index (χ0) is 21.6. The van der Waals surface area contributed by atoms with Crippen molar-refractivity contribution in [2.75, 3.05) is 11.9 Å². The molecule has 6 nitrogen and oxygen atoms in total. The minimum absolute atomic E-state index is 0.190. The van der Waals surface area contributed by atoms with Crippen molar-refractivity contribution in [3.05, 3.63) is 102 Å². The zero-order valence-corrected chi connectivity index (χ0v) is 17.0. The maximum absolute atomic E-state index is 12.6. The van der Waals surface area contributed by atoms with Crippen LogP contribution in [0.2, 0.25) is 0 Å². The third kappa shape index (κ3) is 4.87. The summed E-state index contributed by atoms with van der Waals surface area (Å²) in [5, 5.41) is 2.83. The van der Waals surface area contributed by atoms with Gasteiger partial charge >= 0.3 is 0 Å². The van der Waals surface area contributed by atoms with Crippen LogP contribution in [0.3, 0.4) is 0 Å². The Labute approximate surface area is 180 Å². The summed E-state index contributed by atoms with van der Waals surface area (Å²) in [7, 11) is 1.72. The Kier molecular flexibility index (Phi) is 5.89. The predicted molar refractivity (Wildman–Crippen MR) is 120 cm³/mol. The van der Waals surface area contributed by atoms with Gasteiger partial charge in [-0.1, -0.05) is 30.3 Å². The number of pyridine rings is 1. The van der Waals surface area contributed by atoms with E-state index in [1.807, 2.05) is 60.7 Å². The second kappa shape index (κ2) is 9.09. The molecule has 6 heteroatoms. The predicted octanol–water partition coefficient (Wildman–Crippen LogP) is 3.81. The lowest BCUT2D eigenvalue weighted by Crippen LogP contribution is -2.33. The lowest BCUT2D eigenvalue weighted by Gasteiger charge is -2.27. The molecule has 0 bridgehead atoms. The monoisotopic (exact) mass is 411 g/mol. The van der Waals surface area contributed by atoms with Gasteiger partial charge in [-0.15, -0.1) is 0 Å². The van der Waals surface area contributed by atoms with Gasteiger partial charge in [0.25, 0.3) is 5.91 Å². The van der Waals surface area contributed by atoms with Crippen LogP contribution in [-0.2, 0) is 16.1 Å². The molecule has 154 valence electrons. The molecule has 2 heterocycles. The standard InChI is InChI=1S/C25H21N3O3/c1-28-21-7-2-3-8-22(21)31-23(25(28)30)16-20-6-4-5-18(15-20)9-10-24(29)27-17-19-11-13-26-14-12-19/h2-16H,17H2,1H3,(H,27,29)/b10-9+,23-16-. The number of carbonyl (C=O) groups excluding carboxylic acids is 2. The summed E-state index contributed by atoms with van der Waals surface area (Å²) in [5.74, 6) is 0.481. The highest BCUT2D eigenvalue weighted by atomic mass is 16.5. The number of nitrogens with zero attached hydrogens (tertiary/aromatic N) is 2. The molecule has 1 aliphatic rings. The number of benzene rings is 2. The van der Waals surface area contributed by atoms with E-state index in [9.17, 15) is 9.59 Å². The molecule has 2 amide bonds. The van der Waals surface area contributed by atoms with Gasteiger partial charge in [0.2, 0.25) is 5.91 Å². The minimum atomic E-state index is -0.213. The first-order valence-electron chi connectivity index (χ1n) is 9.82. The highest BCUT2D eigenvalue weighted by Crippen LogP contribution is 2.34. The van der Waals surface area contributed by atoms with Crippen molar-refractivity contribution in [1.82, 2.24) is 10.3 Å². The Morgan fingerprint density at radius 1 is 1.06 bits per heavy atom. The summed E-state index contributed by atoms with van der Waals surface area (Å²) in [6, 6.07) is 18.6. The molecule has 0 aliphatic carbocycles. The van der Waals surface area contributed by atoms with Crippen molar-refractivity contribution in [2.45, 2.75) is 6.54 Å². The van der Waals surface area contributed by atoms with Gasteiger partial charge in [0.05, 0.1) is 5.69 Å².